The lowest BCUT2D eigenvalue weighted by Crippen LogP contribution is -2.19. The highest BCUT2D eigenvalue weighted by Gasteiger charge is 2.23. The number of amidine groups is 1. The summed E-state index contributed by atoms with van der Waals surface area (Å²) in [7, 11) is 0. The van der Waals surface area contributed by atoms with Crippen molar-refractivity contribution < 1.29 is 14.6 Å². The summed E-state index contributed by atoms with van der Waals surface area (Å²) in [5.41, 5.74) is 1.45. The Kier molecular flexibility index (Phi) is 5.31. The predicted molar refractivity (Wildman–Crippen MR) is 102 cm³/mol. The van der Waals surface area contributed by atoms with Crippen LogP contribution in [0.4, 0.5) is 5.69 Å². The van der Waals surface area contributed by atoms with Gasteiger partial charge in [0.15, 0.2) is 5.17 Å². The van der Waals surface area contributed by atoms with E-state index in [2.05, 4.69) is 10.3 Å². The number of carbonyl (C=O) groups is 1. The Morgan fingerprint density at radius 2 is 2.04 bits per heavy atom. The van der Waals surface area contributed by atoms with E-state index in [-0.39, 0.29) is 16.7 Å². The molecule has 0 unspecified atom stereocenters. The van der Waals surface area contributed by atoms with Gasteiger partial charge in [-0.15, -0.1) is 0 Å². The molecule has 7 heteroatoms. The molecule has 25 heavy (non-hydrogen) atoms. The standard InChI is InChI=1S/C18H15ClN2O3S/c1-2-24-13-6-4-12(5-7-13)20-18-21-17(23)16(25-18)10-11-3-8-15(22)14(19)9-11/h3-10,22H,2H2,1H3,(H,20,21,23)/b16-10-. The number of nitrogens with zero attached hydrogens (tertiary/aromatic N) is 1. The first-order valence-electron chi connectivity index (χ1n) is 7.56. The molecule has 0 saturated carbocycles. The SMILES string of the molecule is CCOc1ccc(N=C2NC(=O)/C(=C/c3ccc(O)c(Cl)c3)S2)cc1. The zero-order valence-electron chi connectivity index (χ0n) is 13.3. The number of thioether (sulfide) groups is 1. The Bertz CT molecular complexity index is 863. The quantitative estimate of drug-likeness (QED) is 0.781. The summed E-state index contributed by atoms with van der Waals surface area (Å²) in [5, 5.41) is 12.9. The van der Waals surface area contributed by atoms with E-state index in [0.29, 0.717) is 16.7 Å². The van der Waals surface area contributed by atoms with Gasteiger partial charge in [0.1, 0.15) is 11.5 Å². The van der Waals surface area contributed by atoms with Crippen molar-refractivity contribution in [1.82, 2.24) is 5.32 Å². The van der Waals surface area contributed by atoms with Gasteiger partial charge in [-0.2, -0.15) is 0 Å². The second-order valence-electron chi connectivity index (χ2n) is 5.12. The lowest BCUT2D eigenvalue weighted by Gasteiger charge is -2.02. The van der Waals surface area contributed by atoms with Crippen LogP contribution in [0.15, 0.2) is 52.4 Å². The topological polar surface area (TPSA) is 70.9 Å². The highest BCUT2D eigenvalue weighted by atomic mass is 35.5. The number of hydrogen-bond acceptors (Lipinski definition) is 5. The van der Waals surface area contributed by atoms with Crippen LogP contribution in [0, 0.1) is 0 Å². The number of nitrogens with one attached hydrogen (secondary N) is 1. The fraction of sp³-hybridized carbons (Fsp3) is 0.111. The zero-order chi connectivity index (χ0) is 17.8. The number of aliphatic imine (C=N–C) groups is 1. The van der Waals surface area contributed by atoms with Gasteiger partial charge in [-0.3, -0.25) is 4.79 Å². The van der Waals surface area contributed by atoms with Gasteiger partial charge in [0.2, 0.25) is 0 Å². The van der Waals surface area contributed by atoms with Gasteiger partial charge < -0.3 is 15.2 Å². The van der Waals surface area contributed by atoms with Crippen molar-refractivity contribution in [3.8, 4) is 11.5 Å². The molecule has 1 aliphatic rings. The molecule has 5 nitrogen and oxygen atoms in total. The number of aromatic hydroxyl groups is 1. The molecule has 2 aromatic rings. The largest absolute Gasteiger partial charge is 0.506 e. The maximum Gasteiger partial charge on any atom is 0.264 e. The lowest BCUT2D eigenvalue weighted by molar-refractivity contribution is -0.115. The number of phenolic OH excluding ortho intramolecular Hbond substituents is 1. The van der Waals surface area contributed by atoms with Crippen molar-refractivity contribution in [3.05, 3.63) is 58.0 Å². The van der Waals surface area contributed by atoms with Gasteiger partial charge in [0.25, 0.3) is 5.91 Å². The molecule has 0 aromatic heterocycles. The third kappa shape index (κ3) is 4.35. The molecular formula is C18H15ClN2O3S. The van der Waals surface area contributed by atoms with Gasteiger partial charge in [-0.1, -0.05) is 17.7 Å². The van der Waals surface area contributed by atoms with Crippen molar-refractivity contribution in [3.63, 3.8) is 0 Å². The number of rotatable bonds is 4. The van der Waals surface area contributed by atoms with Gasteiger partial charge >= 0.3 is 0 Å². The summed E-state index contributed by atoms with van der Waals surface area (Å²) in [5.74, 6) is 0.559. The van der Waals surface area contributed by atoms with E-state index in [9.17, 15) is 9.90 Å². The van der Waals surface area contributed by atoms with Crippen molar-refractivity contribution >= 4 is 46.2 Å². The highest BCUT2D eigenvalue weighted by molar-refractivity contribution is 8.18. The summed E-state index contributed by atoms with van der Waals surface area (Å²) in [6.45, 7) is 2.53. The van der Waals surface area contributed by atoms with Crippen LogP contribution in [0.2, 0.25) is 5.02 Å². The van der Waals surface area contributed by atoms with Crippen LogP contribution in [-0.4, -0.2) is 22.8 Å². The van der Waals surface area contributed by atoms with Crippen LogP contribution in [0.3, 0.4) is 0 Å². The van der Waals surface area contributed by atoms with E-state index in [1.54, 1.807) is 18.2 Å². The normalized spacial score (nSPS) is 17.1. The molecule has 2 aromatic carbocycles. The average molecular weight is 375 g/mol. The predicted octanol–water partition coefficient (Wildman–Crippen LogP) is 4.34. The van der Waals surface area contributed by atoms with Crippen LogP contribution in [0.25, 0.3) is 6.08 Å². The number of halogens is 1. The molecule has 1 saturated heterocycles. The minimum absolute atomic E-state index is 0.00472. The smallest absolute Gasteiger partial charge is 0.264 e. The summed E-state index contributed by atoms with van der Waals surface area (Å²) < 4.78 is 5.39. The Hall–Kier alpha value is -2.44. The molecule has 0 spiro atoms. The van der Waals surface area contributed by atoms with Crippen LogP contribution in [0.1, 0.15) is 12.5 Å². The van der Waals surface area contributed by atoms with Crippen molar-refractivity contribution in [1.29, 1.82) is 0 Å². The fourth-order valence-electron chi connectivity index (χ4n) is 2.15. The van der Waals surface area contributed by atoms with Gasteiger partial charge in [-0.25, -0.2) is 4.99 Å². The molecule has 3 rings (SSSR count). The van der Waals surface area contributed by atoms with Crippen LogP contribution >= 0.6 is 23.4 Å². The monoisotopic (exact) mass is 374 g/mol. The Morgan fingerprint density at radius 1 is 1.28 bits per heavy atom. The number of amides is 1. The van der Waals surface area contributed by atoms with Gasteiger partial charge in [0.05, 0.1) is 22.2 Å². The highest BCUT2D eigenvalue weighted by Crippen LogP contribution is 2.30. The molecule has 0 radical (unpaired) electrons. The van der Waals surface area contributed by atoms with E-state index < -0.39 is 0 Å². The molecule has 0 atom stereocenters. The van der Waals surface area contributed by atoms with Gasteiger partial charge in [-0.05, 0) is 66.7 Å². The minimum atomic E-state index is -0.223. The lowest BCUT2D eigenvalue weighted by atomic mass is 10.2. The van der Waals surface area contributed by atoms with E-state index in [1.165, 1.54) is 17.8 Å². The molecule has 0 bridgehead atoms. The van der Waals surface area contributed by atoms with Crippen LogP contribution in [0.5, 0.6) is 11.5 Å². The Labute approximate surface area is 154 Å². The molecule has 0 aliphatic carbocycles. The van der Waals surface area contributed by atoms with E-state index in [1.807, 2.05) is 31.2 Å². The summed E-state index contributed by atoms with van der Waals surface area (Å²) in [4.78, 5) is 17.0. The summed E-state index contributed by atoms with van der Waals surface area (Å²) in [6, 6.07) is 12.1. The molecule has 2 N–H and O–H groups in total. The van der Waals surface area contributed by atoms with Crippen molar-refractivity contribution in [2.24, 2.45) is 4.99 Å². The van der Waals surface area contributed by atoms with Crippen LogP contribution < -0.4 is 10.1 Å². The zero-order valence-corrected chi connectivity index (χ0v) is 14.9. The molecular weight excluding hydrogens is 360 g/mol. The van der Waals surface area contributed by atoms with Gasteiger partial charge in [0, 0.05) is 0 Å². The molecule has 1 fully saturated rings. The average Bonchev–Trinajstić information content (AvgIpc) is 2.92. The third-order valence-corrected chi connectivity index (χ3v) is 4.51. The number of benzene rings is 2. The first-order valence-corrected chi connectivity index (χ1v) is 8.75. The fourth-order valence-corrected chi connectivity index (χ4v) is 3.18. The Balaban J connectivity index is 1.77. The number of ether oxygens (including phenoxy) is 1. The number of phenols is 1. The molecule has 1 amide bonds. The maximum atomic E-state index is 12.1. The number of carbonyl (C=O) groups excluding carboxylic acids is 1. The van der Waals surface area contributed by atoms with Crippen molar-refractivity contribution in [2.75, 3.05) is 6.61 Å². The van der Waals surface area contributed by atoms with Crippen molar-refractivity contribution in [2.45, 2.75) is 6.92 Å². The minimum Gasteiger partial charge on any atom is -0.506 e. The number of hydrogen-bond donors (Lipinski definition) is 2. The summed E-state index contributed by atoms with van der Waals surface area (Å²) >= 11 is 7.13. The second kappa shape index (κ2) is 7.63. The maximum absolute atomic E-state index is 12.1. The summed E-state index contributed by atoms with van der Waals surface area (Å²) in [6.07, 6.45) is 1.70. The van der Waals surface area contributed by atoms with Crippen LogP contribution in [-0.2, 0) is 4.79 Å². The molecule has 128 valence electrons. The van der Waals surface area contributed by atoms with E-state index in [4.69, 9.17) is 16.3 Å². The first kappa shape index (κ1) is 17.4. The molecule has 1 heterocycles. The molecule has 1 aliphatic heterocycles. The van der Waals surface area contributed by atoms with E-state index in [0.717, 1.165) is 17.0 Å². The van der Waals surface area contributed by atoms with E-state index >= 15 is 0 Å². The second-order valence-corrected chi connectivity index (χ2v) is 6.56. The Morgan fingerprint density at radius 3 is 2.72 bits per heavy atom. The first-order chi connectivity index (χ1) is 12.0. The third-order valence-electron chi connectivity index (χ3n) is 3.30.